The normalized spacial score (nSPS) is 22.3. The van der Waals surface area contributed by atoms with E-state index in [4.69, 9.17) is 17.2 Å². The number of phenolic OH excluding ortho intramolecular Hbond substituents is 1. The molecule has 11 amide bonds. The van der Waals surface area contributed by atoms with Crippen molar-refractivity contribution in [3.63, 3.8) is 0 Å². The second kappa shape index (κ2) is 27.5. The molecule has 0 spiro atoms. The molecule has 0 bridgehead atoms. The number of nitrogens with zero attached hydrogens (tertiary/aromatic N) is 1. The van der Waals surface area contributed by atoms with Gasteiger partial charge in [-0.1, -0.05) is 58.2 Å². The Morgan fingerprint density at radius 2 is 1.43 bits per heavy atom. The van der Waals surface area contributed by atoms with Crippen molar-refractivity contribution in [2.24, 2.45) is 29.0 Å². The summed E-state index contributed by atoms with van der Waals surface area (Å²) < 4.78 is 0. The zero-order chi connectivity index (χ0) is 51.4. The molecule has 24 heteroatoms. The van der Waals surface area contributed by atoms with E-state index < -0.39 is 152 Å². The lowest BCUT2D eigenvalue weighted by Gasteiger charge is -2.31. The summed E-state index contributed by atoms with van der Waals surface area (Å²) in [6.07, 6.45) is 1.76. The third kappa shape index (κ3) is 19.1. The number of carbonyl (C=O) groups is 11. The van der Waals surface area contributed by atoms with E-state index in [9.17, 15) is 57.8 Å². The summed E-state index contributed by atoms with van der Waals surface area (Å²) in [5.41, 5.74) is 16.9. The lowest BCUT2D eigenvalue weighted by Crippen LogP contribution is -2.60. The Labute approximate surface area is 400 Å². The molecule has 69 heavy (non-hydrogen) atoms. The average Bonchev–Trinajstić information content (AvgIpc) is 3.30. The molecule has 1 aliphatic heterocycles. The van der Waals surface area contributed by atoms with Crippen LogP contribution >= 0.6 is 0 Å². The van der Waals surface area contributed by atoms with Crippen LogP contribution in [0.25, 0.3) is 0 Å². The third-order valence-corrected chi connectivity index (χ3v) is 12.0. The molecule has 7 atom stereocenters. The van der Waals surface area contributed by atoms with Gasteiger partial charge in [-0.3, -0.25) is 52.7 Å². The van der Waals surface area contributed by atoms with Crippen LogP contribution in [0.4, 0.5) is 0 Å². The van der Waals surface area contributed by atoms with Gasteiger partial charge in [-0.2, -0.15) is 0 Å². The van der Waals surface area contributed by atoms with E-state index in [1.54, 1.807) is 26.0 Å². The number of primary amides is 3. The van der Waals surface area contributed by atoms with Crippen LogP contribution in [0, 0.1) is 11.8 Å². The van der Waals surface area contributed by atoms with Gasteiger partial charge in [0.05, 0.1) is 32.1 Å². The average molecular weight is 969 g/mol. The standard InChI is InChI=1S/C45H68N12O12/c1-5-24(2)39-44(68)53-29(15-17-33(46)59)41(65)55-32(20-34(47)60)42(66)54-30(16-18-36(62)49-22-37(63)52-31(25(3)51-39)19-26-11-13-28(58)14-12-26)45(69)57(4)23-38(64)56-40(27-9-7-6-8-10-27)43(67)50-21-35(48)61/h11-14,24,27,29-32,39-40,51,58H,3,5-10,15-23H2,1-2,4H3,(H2,46,59)(H2,47,60)(H2,48,61)(H,49,62)(H,50,67)(H,52,63)(H,53,68)(H,54,66)(H,55,65)(H,56,64)/t24-,29-,30-,31-,32-,39-,40-/m0/s1. The Kier molecular flexibility index (Phi) is 22.4. The number of nitrogens with one attached hydrogen (secondary N) is 8. The predicted molar refractivity (Wildman–Crippen MR) is 248 cm³/mol. The number of phenols is 1. The molecule has 1 saturated heterocycles. The number of hydrogen-bond donors (Lipinski definition) is 12. The number of aromatic hydroxyl groups is 1. The molecule has 0 aromatic heterocycles. The predicted octanol–water partition coefficient (Wildman–Crippen LogP) is -3.43. The van der Waals surface area contributed by atoms with Crippen molar-refractivity contribution in [1.29, 1.82) is 0 Å². The summed E-state index contributed by atoms with van der Waals surface area (Å²) in [4.78, 5) is 146. The maximum Gasteiger partial charge on any atom is 0.245 e. The van der Waals surface area contributed by atoms with Gasteiger partial charge < -0.3 is 69.7 Å². The van der Waals surface area contributed by atoms with Crippen molar-refractivity contribution in [2.75, 3.05) is 26.7 Å². The number of carbonyl (C=O) groups excluding carboxylic acids is 11. The van der Waals surface area contributed by atoms with Gasteiger partial charge in [0.15, 0.2) is 0 Å². The zero-order valence-corrected chi connectivity index (χ0v) is 39.4. The molecule has 1 aromatic carbocycles. The lowest BCUT2D eigenvalue weighted by molar-refractivity contribution is -0.140. The molecule has 2 aliphatic rings. The minimum Gasteiger partial charge on any atom is -0.508 e. The summed E-state index contributed by atoms with van der Waals surface area (Å²) in [5.74, 6) is -10.1. The van der Waals surface area contributed by atoms with Crippen molar-refractivity contribution >= 4 is 65.0 Å². The summed E-state index contributed by atoms with van der Waals surface area (Å²) in [5, 5.41) is 30.6. The highest BCUT2D eigenvalue weighted by Gasteiger charge is 2.36. The topological polar surface area (TPSA) is 386 Å². The first kappa shape index (κ1) is 56.1. The first-order valence-electron chi connectivity index (χ1n) is 23.0. The van der Waals surface area contributed by atoms with E-state index >= 15 is 0 Å². The first-order chi connectivity index (χ1) is 32.6. The molecular weight excluding hydrogens is 901 g/mol. The summed E-state index contributed by atoms with van der Waals surface area (Å²) in [6, 6.07) is -1.92. The summed E-state index contributed by atoms with van der Waals surface area (Å²) in [7, 11) is 1.22. The van der Waals surface area contributed by atoms with E-state index in [2.05, 4.69) is 49.1 Å². The van der Waals surface area contributed by atoms with E-state index in [1.807, 2.05) is 0 Å². The number of hydrogen-bond acceptors (Lipinski definition) is 13. The second-order valence-electron chi connectivity index (χ2n) is 17.5. The Balaban J connectivity index is 2.00. The van der Waals surface area contributed by atoms with Crippen LogP contribution in [-0.4, -0.2) is 138 Å². The van der Waals surface area contributed by atoms with Crippen molar-refractivity contribution < 1.29 is 57.8 Å². The number of rotatable bonds is 17. The Hall–Kier alpha value is -7.27. The van der Waals surface area contributed by atoms with Crippen molar-refractivity contribution in [1.82, 2.24) is 47.4 Å². The number of nitrogens with two attached hydrogens (primary N) is 3. The highest BCUT2D eigenvalue weighted by atomic mass is 16.3. The zero-order valence-electron chi connectivity index (χ0n) is 39.4. The van der Waals surface area contributed by atoms with E-state index in [1.165, 1.54) is 19.2 Å². The van der Waals surface area contributed by atoms with Crippen LogP contribution in [0.2, 0.25) is 0 Å². The highest BCUT2D eigenvalue weighted by Crippen LogP contribution is 2.27. The third-order valence-electron chi connectivity index (χ3n) is 12.0. The summed E-state index contributed by atoms with van der Waals surface area (Å²) >= 11 is 0. The lowest BCUT2D eigenvalue weighted by atomic mass is 9.83. The number of likely N-dealkylation sites (N-methyl/N-ethyl adjacent to an activating group) is 1. The molecular formula is C45H68N12O12. The number of amides is 11. The van der Waals surface area contributed by atoms with Crippen molar-refractivity contribution in [3.8, 4) is 5.75 Å². The maximum atomic E-state index is 14.1. The van der Waals surface area contributed by atoms with Gasteiger partial charge in [-0.25, -0.2) is 0 Å². The van der Waals surface area contributed by atoms with Gasteiger partial charge in [-0.05, 0) is 61.6 Å². The Bertz CT molecular complexity index is 2060. The van der Waals surface area contributed by atoms with Crippen LogP contribution in [0.3, 0.4) is 0 Å². The SMILES string of the molecule is C=C1N[C@@H]([C@@H](C)CC)C(=O)N[C@@H](CCC(N)=O)C(=O)N[C@@H](CC(N)=O)C(=O)N[C@H](C(=O)N(C)CC(=O)N[C@H](C(=O)NCC(N)=O)C2CCCCC2)CCC(=O)NCC(=O)N[C@H]1Cc1ccc(O)cc1. The molecule has 1 heterocycles. The molecule has 0 radical (unpaired) electrons. The first-order valence-corrected chi connectivity index (χ1v) is 23.0. The molecule has 0 unspecified atom stereocenters. The van der Waals surface area contributed by atoms with Crippen molar-refractivity contribution in [3.05, 3.63) is 42.1 Å². The van der Waals surface area contributed by atoms with Gasteiger partial charge in [0.1, 0.15) is 36.0 Å². The molecule has 3 rings (SSSR count). The smallest absolute Gasteiger partial charge is 0.245 e. The largest absolute Gasteiger partial charge is 0.508 e. The van der Waals surface area contributed by atoms with Gasteiger partial charge in [0, 0.05) is 25.6 Å². The quantitative estimate of drug-likeness (QED) is 0.0725. The number of benzene rings is 1. The van der Waals surface area contributed by atoms with Gasteiger partial charge in [0.25, 0.3) is 0 Å². The monoisotopic (exact) mass is 969 g/mol. The van der Waals surface area contributed by atoms with E-state index in [0.29, 0.717) is 24.8 Å². The molecule has 380 valence electrons. The Morgan fingerprint density at radius 1 is 0.797 bits per heavy atom. The molecule has 1 saturated carbocycles. The summed E-state index contributed by atoms with van der Waals surface area (Å²) in [6.45, 7) is 5.95. The molecule has 2 fully saturated rings. The van der Waals surface area contributed by atoms with Crippen LogP contribution < -0.4 is 59.7 Å². The second-order valence-corrected chi connectivity index (χ2v) is 17.5. The van der Waals surface area contributed by atoms with Gasteiger partial charge in [0.2, 0.25) is 65.0 Å². The minimum absolute atomic E-state index is 0.00710. The molecule has 15 N–H and O–H groups in total. The van der Waals surface area contributed by atoms with Gasteiger partial charge >= 0.3 is 0 Å². The van der Waals surface area contributed by atoms with Gasteiger partial charge in [-0.15, -0.1) is 0 Å². The van der Waals surface area contributed by atoms with Crippen molar-refractivity contribution in [2.45, 2.75) is 127 Å². The Morgan fingerprint density at radius 3 is 2.04 bits per heavy atom. The molecule has 24 nitrogen and oxygen atoms in total. The van der Waals surface area contributed by atoms with Crippen LogP contribution in [0.5, 0.6) is 5.75 Å². The molecule has 1 aliphatic carbocycles. The highest BCUT2D eigenvalue weighted by molar-refractivity contribution is 5.98. The van der Waals surface area contributed by atoms with E-state index in [0.717, 1.165) is 24.2 Å². The fourth-order valence-electron chi connectivity index (χ4n) is 7.88. The van der Waals surface area contributed by atoms with Crippen LogP contribution in [-0.2, 0) is 59.2 Å². The minimum atomic E-state index is -1.78. The molecule has 1 aromatic rings. The van der Waals surface area contributed by atoms with Crippen LogP contribution in [0.15, 0.2) is 36.5 Å². The maximum absolute atomic E-state index is 14.1. The fraction of sp³-hybridized carbons (Fsp3) is 0.578. The fourth-order valence-corrected chi connectivity index (χ4v) is 7.88. The van der Waals surface area contributed by atoms with E-state index in [-0.39, 0.29) is 30.2 Å². The van der Waals surface area contributed by atoms with Crippen LogP contribution in [0.1, 0.15) is 90.0 Å².